The zero-order valence-corrected chi connectivity index (χ0v) is 9.94. The molecule has 2 aromatic rings. The van der Waals surface area contributed by atoms with Gasteiger partial charge in [0, 0.05) is 6.20 Å². The summed E-state index contributed by atoms with van der Waals surface area (Å²) in [7, 11) is 0. The molecule has 0 bridgehead atoms. The molecule has 1 aliphatic carbocycles. The second kappa shape index (κ2) is 3.64. The lowest BCUT2D eigenvalue weighted by molar-refractivity contribution is -0.386. The van der Waals surface area contributed by atoms with Crippen molar-refractivity contribution < 1.29 is 18.3 Å². The van der Waals surface area contributed by atoms with Crippen LogP contribution in [0.25, 0.3) is 10.3 Å². The molecule has 0 spiro atoms. The summed E-state index contributed by atoms with van der Waals surface area (Å²) in [6.45, 7) is -0.471. The molecule has 1 fully saturated rings. The predicted octanol–water partition coefficient (Wildman–Crippen LogP) is 2.15. The quantitative estimate of drug-likeness (QED) is 0.842. The summed E-state index contributed by atoms with van der Waals surface area (Å²) in [4.78, 5) is 8.49. The highest BCUT2D eigenvalue weighted by atomic mass is 32.1. The van der Waals surface area contributed by atoms with Crippen LogP contribution >= 0.6 is 11.3 Å². The minimum Gasteiger partial charge on any atom is -0.849 e. The van der Waals surface area contributed by atoms with Crippen LogP contribution < -0.4 is 5.11 Å². The van der Waals surface area contributed by atoms with Gasteiger partial charge >= 0.3 is 6.18 Å². The van der Waals surface area contributed by atoms with E-state index < -0.39 is 18.2 Å². The smallest absolute Gasteiger partial charge is 0.398 e. The topological polar surface area (TPSA) is 48.8 Å². The third-order valence-corrected chi connectivity index (χ3v) is 4.21. The molecule has 0 N–H and O–H groups in total. The molecule has 0 amide bonds. The van der Waals surface area contributed by atoms with E-state index in [1.54, 1.807) is 0 Å². The Morgan fingerprint density at radius 2 is 2.11 bits per heavy atom. The lowest BCUT2D eigenvalue weighted by atomic mass is 9.97. The fourth-order valence-corrected chi connectivity index (χ4v) is 2.79. The number of hydrogen-bond acceptors (Lipinski definition) is 4. The second-order valence-corrected chi connectivity index (χ2v) is 5.44. The number of nitrogens with zero attached hydrogens (tertiary/aromatic N) is 2. The van der Waals surface area contributed by atoms with Crippen LogP contribution in [0.3, 0.4) is 0 Å². The van der Waals surface area contributed by atoms with Crippen LogP contribution in [0.15, 0.2) is 12.3 Å². The first-order valence-corrected chi connectivity index (χ1v) is 6.19. The predicted molar refractivity (Wildman–Crippen MR) is 58.1 cm³/mol. The first-order valence-electron chi connectivity index (χ1n) is 5.37. The van der Waals surface area contributed by atoms with Crippen molar-refractivity contribution in [1.82, 2.24) is 9.97 Å². The van der Waals surface area contributed by atoms with E-state index in [1.165, 1.54) is 12.3 Å². The number of rotatable bonds is 2. The Hall–Kier alpha value is -1.21. The fourth-order valence-electron chi connectivity index (χ4n) is 2.05. The van der Waals surface area contributed by atoms with Gasteiger partial charge in [0.1, 0.15) is 10.3 Å². The lowest BCUT2D eigenvalue weighted by Gasteiger charge is -2.18. The molecule has 0 saturated heterocycles. The summed E-state index contributed by atoms with van der Waals surface area (Å²) in [5, 5.41) is 11.0. The molecule has 96 valence electrons. The van der Waals surface area contributed by atoms with Gasteiger partial charge in [-0.3, -0.25) is 0 Å². The molecule has 2 heterocycles. The average molecular weight is 273 g/mol. The molecule has 1 aliphatic rings. The van der Waals surface area contributed by atoms with Gasteiger partial charge in [-0.05, 0) is 24.5 Å². The molecule has 7 heteroatoms. The number of fused-ring (bicyclic) bond motifs is 1. The molecule has 18 heavy (non-hydrogen) atoms. The molecule has 3 rings (SSSR count). The normalized spacial score (nSPS) is 18.2. The first kappa shape index (κ1) is 11.9. The monoisotopic (exact) mass is 273 g/mol. The van der Waals surface area contributed by atoms with Gasteiger partial charge in [0.2, 0.25) is 0 Å². The molecule has 0 aromatic carbocycles. The molecule has 0 radical (unpaired) electrons. The van der Waals surface area contributed by atoms with Crippen LogP contribution in [-0.4, -0.2) is 16.1 Å². The van der Waals surface area contributed by atoms with Crippen LogP contribution in [0.5, 0.6) is 0 Å². The van der Waals surface area contributed by atoms with Crippen molar-refractivity contribution in [2.75, 3.05) is 0 Å². The Balaban J connectivity index is 2.09. The van der Waals surface area contributed by atoms with E-state index in [4.69, 9.17) is 0 Å². The second-order valence-electron chi connectivity index (χ2n) is 4.38. The summed E-state index contributed by atoms with van der Waals surface area (Å²) in [6.07, 6.45) is -2.79. The number of thiazole rings is 1. The van der Waals surface area contributed by atoms with E-state index >= 15 is 0 Å². The Labute approximate surface area is 104 Å². The van der Waals surface area contributed by atoms with Crippen LogP contribution in [0.2, 0.25) is 0 Å². The number of aromatic nitrogens is 2. The molecule has 3 nitrogen and oxygen atoms in total. The summed E-state index contributed by atoms with van der Waals surface area (Å²) in [5.41, 5.74) is -1.20. The summed E-state index contributed by atoms with van der Waals surface area (Å²) in [5.74, 6) is 0. The highest BCUT2D eigenvalue weighted by Gasteiger charge is 2.64. The van der Waals surface area contributed by atoms with Crippen molar-refractivity contribution in [3.05, 3.63) is 22.8 Å². The number of hydrogen-bond donors (Lipinski definition) is 0. The van der Waals surface area contributed by atoms with Crippen LogP contribution in [0, 0.1) is 0 Å². The van der Waals surface area contributed by atoms with Crippen LogP contribution in [-0.2, 0) is 12.0 Å². The van der Waals surface area contributed by atoms with Crippen LogP contribution in [0.4, 0.5) is 13.2 Å². The third kappa shape index (κ3) is 1.61. The highest BCUT2D eigenvalue weighted by molar-refractivity contribution is 7.18. The van der Waals surface area contributed by atoms with Gasteiger partial charge in [-0.2, -0.15) is 13.2 Å². The Morgan fingerprint density at radius 3 is 2.67 bits per heavy atom. The molecule has 1 saturated carbocycles. The van der Waals surface area contributed by atoms with Crippen LogP contribution in [0.1, 0.15) is 23.4 Å². The molecule has 0 atom stereocenters. The van der Waals surface area contributed by atoms with E-state index in [9.17, 15) is 18.3 Å². The van der Waals surface area contributed by atoms with Gasteiger partial charge in [-0.15, -0.1) is 11.3 Å². The van der Waals surface area contributed by atoms with Crippen molar-refractivity contribution in [3.63, 3.8) is 0 Å². The Morgan fingerprint density at radius 1 is 1.39 bits per heavy atom. The number of pyridine rings is 1. The minimum atomic E-state index is -4.25. The van der Waals surface area contributed by atoms with Crippen molar-refractivity contribution in [2.45, 2.75) is 31.0 Å². The van der Waals surface area contributed by atoms with Gasteiger partial charge in [0.15, 0.2) is 0 Å². The molecule has 0 unspecified atom stereocenters. The van der Waals surface area contributed by atoms with E-state index in [2.05, 4.69) is 9.97 Å². The fraction of sp³-hybridized carbons (Fsp3) is 0.455. The van der Waals surface area contributed by atoms with Crippen molar-refractivity contribution in [3.8, 4) is 0 Å². The van der Waals surface area contributed by atoms with Gasteiger partial charge in [-0.1, -0.05) is 6.61 Å². The van der Waals surface area contributed by atoms with Gasteiger partial charge in [0.25, 0.3) is 0 Å². The number of alkyl halides is 3. The third-order valence-electron chi connectivity index (χ3n) is 3.26. The molecule has 2 aromatic heterocycles. The molecular formula is C11H8F3N2OS-. The van der Waals surface area contributed by atoms with Crippen molar-refractivity contribution in [2.24, 2.45) is 0 Å². The Bertz CT molecular complexity index is 604. The summed E-state index contributed by atoms with van der Waals surface area (Å²) < 4.78 is 38.9. The van der Waals surface area contributed by atoms with Crippen molar-refractivity contribution in [1.29, 1.82) is 0 Å². The average Bonchev–Trinajstić information content (AvgIpc) is 3.03. The maximum absolute atomic E-state index is 13.0. The lowest BCUT2D eigenvalue weighted by Crippen LogP contribution is -2.28. The SMILES string of the molecule is [O-]Cc1nc2cc(C3(C(F)(F)F)CC3)cnc2s1. The van der Waals surface area contributed by atoms with Gasteiger partial charge < -0.3 is 5.11 Å². The maximum atomic E-state index is 13.0. The highest BCUT2D eigenvalue weighted by Crippen LogP contribution is 2.58. The van der Waals surface area contributed by atoms with Crippen molar-refractivity contribution >= 4 is 21.7 Å². The summed E-state index contributed by atoms with van der Waals surface area (Å²) in [6, 6.07) is 1.42. The van der Waals surface area contributed by atoms with E-state index in [0.717, 1.165) is 11.3 Å². The standard InChI is InChI=1S/C11H8F3N2OS/c12-11(13,14)10(1-2-10)6-3-7-9(15-4-6)18-8(5-17)16-7/h3-4H,1-2,5H2/q-1. The van der Waals surface area contributed by atoms with E-state index in [-0.39, 0.29) is 18.4 Å². The maximum Gasteiger partial charge on any atom is 0.398 e. The number of halogens is 3. The first-order chi connectivity index (χ1) is 8.46. The zero-order valence-electron chi connectivity index (χ0n) is 9.12. The minimum absolute atomic E-state index is 0.0994. The zero-order chi connectivity index (χ0) is 13.0. The summed E-state index contributed by atoms with van der Waals surface area (Å²) >= 11 is 1.13. The van der Waals surface area contributed by atoms with E-state index in [1.807, 2.05) is 0 Å². The van der Waals surface area contributed by atoms with Gasteiger partial charge in [0.05, 0.1) is 10.4 Å². The molecular weight excluding hydrogens is 265 g/mol. The molecule has 0 aliphatic heterocycles. The van der Waals surface area contributed by atoms with Gasteiger partial charge in [-0.25, -0.2) is 9.97 Å². The largest absolute Gasteiger partial charge is 0.849 e. The van der Waals surface area contributed by atoms with E-state index in [0.29, 0.717) is 15.4 Å². The Kier molecular flexibility index (Phi) is 2.40.